The van der Waals surface area contributed by atoms with Gasteiger partial charge in [0.15, 0.2) is 28.4 Å². The second-order valence-electron chi connectivity index (χ2n) is 5.02. The van der Waals surface area contributed by atoms with Crippen LogP contribution >= 0.6 is 11.8 Å². The number of fused-ring (bicyclic) bond motifs is 1. The van der Waals surface area contributed by atoms with E-state index < -0.39 is 31.1 Å². The maximum Gasteiger partial charge on any atom is 0.172 e. The van der Waals surface area contributed by atoms with Crippen molar-refractivity contribution in [2.75, 3.05) is 18.1 Å². The second kappa shape index (κ2) is 6.42. The summed E-state index contributed by atoms with van der Waals surface area (Å²) < 4.78 is 7.14. The number of aliphatic hydroxyl groups is 3. The molecule has 3 rings (SSSR count). The van der Waals surface area contributed by atoms with E-state index in [9.17, 15) is 15.3 Å². The van der Waals surface area contributed by atoms with Gasteiger partial charge < -0.3 is 25.8 Å². The quantitative estimate of drug-likeness (QED) is 0.411. The van der Waals surface area contributed by atoms with Crippen molar-refractivity contribution in [3.05, 3.63) is 19.0 Å². The molecular weight excluding hydrogens is 322 g/mol. The Morgan fingerprint density at radius 2 is 2.17 bits per heavy atom. The predicted octanol–water partition coefficient (Wildman–Crippen LogP) is -0.702. The van der Waals surface area contributed by atoms with Gasteiger partial charge in [-0.2, -0.15) is 0 Å². The molecule has 0 aliphatic carbocycles. The van der Waals surface area contributed by atoms with Crippen molar-refractivity contribution in [2.45, 2.75) is 29.7 Å². The van der Waals surface area contributed by atoms with Crippen LogP contribution in [0.15, 0.2) is 24.1 Å². The standard InChI is InChI=1S/C13H17N5O4S/c1-2-3-23-13-17-7-10(14)15-5-16-11(7)18(13)12-9(21)8(20)6(4-19)22-12/h2,5-6,8-9,12,19-21H,1,3-4H2,(H2,14,15,16)/t6-,8+,9+,12-/m0/s1. The lowest BCUT2D eigenvalue weighted by molar-refractivity contribution is -0.0548. The molecule has 23 heavy (non-hydrogen) atoms. The van der Waals surface area contributed by atoms with Crippen LogP contribution in [0.25, 0.3) is 11.2 Å². The third-order valence-electron chi connectivity index (χ3n) is 3.57. The Balaban J connectivity index is 2.11. The van der Waals surface area contributed by atoms with Crippen molar-refractivity contribution in [3.8, 4) is 0 Å². The zero-order valence-electron chi connectivity index (χ0n) is 12.1. The van der Waals surface area contributed by atoms with Crippen LogP contribution in [-0.2, 0) is 4.74 Å². The molecule has 4 atom stereocenters. The van der Waals surface area contributed by atoms with E-state index in [4.69, 9.17) is 10.5 Å². The normalized spacial score (nSPS) is 27.6. The molecule has 5 N–H and O–H groups in total. The highest BCUT2D eigenvalue weighted by Crippen LogP contribution is 2.36. The highest BCUT2D eigenvalue weighted by molar-refractivity contribution is 7.99. The molecular formula is C13H17N5O4S. The Kier molecular flexibility index (Phi) is 4.50. The lowest BCUT2D eigenvalue weighted by Gasteiger charge is -2.18. The molecule has 1 fully saturated rings. The van der Waals surface area contributed by atoms with Gasteiger partial charge in [0.25, 0.3) is 0 Å². The van der Waals surface area contributed by atoms with Crippen molar-refractivity contribution in [3.63, 3.8) is 0 Å². The summed E-state index contributed by atoms with van der Waals surface area (Å²) in [5.74, 6) is 0.784. The van der Waals surface area contributed by atoms with Gasteiger partial charge >= 0.3 is 0 Å². The number of aromatic nitrogens is 4. The number of anilines is 1. The van der Waals surface area contributed by atoms with Crippen LogP contribution < -0.4 is 5.73 Å². The van der Waals surface area contributed by atoms with Gasteiger partial charge in [-0.3, -0.25) is 4.57 Å². The van der Waals surface area contributed by atoms with Crippen molar-refractivity contribution in [2.24, 2.45) is 0 Å². The number of aliphatic hydroxyl groups excluding tert-OH is 3. The van der Waals surface area contributed by atoms with Crippen LogP contribution in [0.3, 0.4) is 0 Å². The number of hydrogen-bond acceptors (Lipinski definition) is 9. The van der Waals surface area contributed by atoms with Gasteiger partial charge in [-0.15, -0.1) is 6.58 Å². The summed E-state index contributed by atoms with van der Waals surface area (Å²) >= 11 is 1.36. The molecule has 0 saturated carbocycles. The zero-order valence-corrected chi connectivity index (χ0v) is 12.9. The van der Waals surface area contributed by atoms with Crippen molar-refractivity contribution < 1.29 is 20.1 Å². The number of ether oxygens (including phenoxy) is 1. The third kappa shape index (κ3) is 2.68. The fourth-order valence-corrected chi connectivity index (χ4v) is 3.22. The Morgan fingerprint density at radius 3 is 2.83 bits per heavy atom. The molecule has 10 heteroatoms. The van der Waals surface area contributed by atoms with E-state index in [1.165, 1.54) is 18.1 Å². The van der Waals surface area contributed by atoms with Crippen LogP contribution in [0, 0.1) is 0 Å². The summed E-state index contributed by atoms with van der Waals surface area (Å²) in [5, 5.41) is 30.0. The molecule has 124 valence electrons. The minimum absolute atomic E-state index is 0.209. The maximum atomic E-state index is 10.3. The van der Waals surface area contributed by atoms with Gasteiger partial charge in [0.05, 0.1) is 6.61 Å². The summed E-state index contributed by atoms with van der Waals surface area (Å²) in [5.41, 5.74) is 6.61. The van der Waals surface area contributed by atoms with E-state index in [1.54, 1.807) is 10.6 Å². The highest BCUT2D eigenvalue weighted by atomic mass is 32.2. The molecule has 0 radical (unpaired) electrons. The van der Waals surface area contributed by atoms with Crippen LogP contribution in [0.5, 0.6) is 0 Å². The Bertz CT molecular complexity index is 724. The summed E-state index contributed by atoms with van der Waals surface area (Å²) in [6.45, 7) is 3.25. The first-order valence-electron chi connectivity index (χ1n) is 6.93. The first-order valence-corrected chi connectivity index (χ1v) is 7.91. The molecule has 9 nitrogen and oxygen atoms in total. The number of rotatable bonds is 5. The SMILES string of the molecule is C=CCSc1nc2c(N)ncnc2n1[C@H]1O[C@@H](CO)[C@@H](O)[C@H]1O. The van der Waals surface area contributed by atoms with Crippen LogP contribution in [0.4, 0.5) is 5.82 Å². The van der Waals surface area contributed by atoms with Gasteiger partial charge in [0.2, 0.25) is 0 Å². The fourth-order valence-electron chi connectivity index (χ4n) is 2.46. The van der Waals surface area contributed by atoms with E-state index in [0.717, 1.165) is 0 Å². The van der Waals surface area contributed by atoms with Gasteiger partial charge in [-0.25, -0.2) is 15.0 Å². The minimum Gasteiger partial charge on any atom is -0.394 e. The van der Waals surface area contributed by atoms with E-state index in [-0.39, 0.29) is 5.82 Å². The zero-order chi connectivity index (χ0) is 16.6. The number of nitrogens with zero attached hydrogens (tertiary/aromatic N) is 4. The minimum atomic E-state index is -1.23. The fraction of sp³-hybridized carbons (Fsp3) is 0.462. The van der Waals surface area contributed by atoms with Gasteiger partial charge in [0.1, 0.15) is 24.6 Å². The molecule has 0 bridgehead atoms. The first-order chi connectivity index (χ1) is 11.1. The van der Waals surface area contributed by atoms with E-state index >= 15 is 0 Å². The number of nitrogen functional groups attached to an aromatic ring is 1. The summed E-state index contributed by atoms with van der Waals surface area (Å²) in [6.07, 6.45) is -1.26. The third-order valence-corrected chi connectivity index (χ3v) is 4.52. The van der Waals surface area contributed by atoms with E-state index in [0.29, 0.717) is 22.1 Å². The molecule has 3 heterocycles. The maximum absolute atomic E-state index is 10.3. The smallest absolute Gasteiger partial charge is 0.172 e. The summed E-state index contributed by atoms with van der Waals surface area (Å²) in [4.78, 5) is 12.5. The highest BCUT2D eigenvalue weighted by Gasteiger charge is 2.45. The molecule has 0 aromatic carbocycles. The topological polar surface area (TPSA) is 140 Å². The van der Waals surface area contributed by atoms with E-state index in [2.05, 4.69) is 21.5 Å². The second-order valence-corrected chi connectivity index (χ2v) is 6.01. The first kappa shape index (κ1) is 16.1. The molecule has 2 aromatic heterocycles. The van der Waals surface area contributed by atoms with Crippen LogP contribution in [-0.4, -0.2) is 65.5 Å². The predicted molar refractivity (Wildman–Crippen MR) is 83.7 cm³/mol. The molecule has 0 unspecified atom stereocenters. The average Bonchev–Trinajstić information content (AvgIpc) is 3.05. The summed E-state index contributed by atoms with van der Waals surface area (Å²) in [6, 6.07) is 0. The Labute approximate surface area is 135 Å². The van der Waals surface area contributed by atoms with E-state index in [1.807, 2.05) is 0 Å². The van der Waals surface area contributed by atoms with Crippen molar-refractivity contribution in [1.82, 2.24) is 19.5 Å². The van der Waals surface area contributed by atoms with Gasteiger partial charge in [-0.05, 0) is 0 Å². The number of thioether (sulfide) groups is 1. The molecule has 0 spiro atoms. The Morgan fingerprint density at radius 1 is 1.39 bits per heavy atom. The van der Waals surface area contributed by atoms with Crippen molar-refractivity contribution in [1.29, 1.82) is 0 Å². The van der Waals surface area contributed by atoms with Crippen LogP contribution in [0.1, 0.15) is 6.23 Å². The molecule has 1 saturated heterocycles. The monoisotopic (exact) mass is 339 g/mol. The molecule has 2 aromatic rings. The van der Waals surface area contributed by atoms with Gasteiger partial charge in [0, 0.05) is 5.75 Å². The molecule has 1 aliphatic rings. The summed E-state index contributed by atoms with van der Waals surface area (Å²) in [7, 11) is 0. The number of nitrogens with two attached hydrogens (primary N) is 1. The van der Waals surface area contributed by atoms with Crippen molar-refractivity contribution >= 4 is 28.7 Å². The number of imidazole rings is 1. The van der Waals surface area contributed by atoms with Crippen LogP contribution in [0.2, 0.25) is 0 Å². The largest absolute Gasteiger partial charge is 0.394 e. The Hall–Kier alpha value is -1.72. The average molecular weight is 339 g/mol. The van der Waals surface area contributed by atoms with Gasteiger partial charge in [-0.1, -0.05) is 17.8 Å². The molecule has 1 aliphatic heterocycles. The lowest BCUT2D eigenvalue weighted by Crippen LogP contribution is -2.33. The molecule has 0 amide bonds. The lowest BCUT2D eigenvalue weighted by atomic mass is 10.1. The number of hydrogen-bond donors (Lipinski definition) is 4.